The Kier molecular flexibility index (Phi) is 4.58. The van der Waals surface area contributed by atoms with Gasteiger partial charge in [-0.05, 0) is 30.7 Å². The lowest BCUT2D eigenvalue weighted by Gasteiger charge is -2.35. The van der Waals surface area contributed by atoms with E-state index in [0.29, 0.717) is 6.54 Å². The molecule has 2 aliphatic heterocycles. The molecule has 0 saturated carbocycles. The Morgan fingerprint density at radius 1 is 1.07 bits per heavy atom. The minimum Gasteiger partial charge on any atom is -0.334 e. The van der Waals surface area contributed by atoms with E-state index in [1.54, 1.807) is 6.07 Å². The van der Waals surface area contributed by atoms with Gasteiger partial charge in [0.15, 0.2) is 0 Å². The summed E-state index contributed by atoms with van der Waals surface area (Å²) in [7, 11) is 0. The van der Waals surface area contributed by atoms with Crippen molar-refractivity contribution in [3.8, 4) is 0 Å². The average Bonchev–Trinajstić information content (AvgIpc) is 2.97. The van der Waals surface area contributed by atoms with Crippen molar-refractivity contribution in [3.05, 3.63) is 71.5 Å². The monoisotopic (exact) mass is 381 g/mol. The molecule has 7 heteroatoms. The van der Waals surface area contributed by atoms with E-state index in [1.165, 1.54) is 32.9 Å². The fraction of sp³-hybridized carbons (Fsp3) is 0.286. The third kappa shape index (κ3) is 3.02. The summed E-state index contributed by atoms with van der Waals surface area (Å²) in [6.45, 7) is 2.50. The largest absolute Gasteiger partial charge is 0.334 e. The second kappa shape index (κ2) is 7.07. The Labute approximate surface area is 162 Å². The summed E-state index contributed by atoms with van der Waals surface area (Å²) in [6, 6.07) is 13.4. The van der Waals surface area contributed by atoms with Gasteiger partial charge in [-0.2, -0.15) is 0 Å². The molecular formula is C21H20FN3O3. The summed E-state index contributed by atoms with van der Waals surface area (Å²) in [6.07, 6.45) is 0. The minimum atomic E-state index is -0.704. The average molecular weight is 381 g/mol. The lowest BCUT2D eigenvalue weighted by Crippen LogP contribution is -2.54. The number of halogens is 1. The van der Waals surface area contributed by atoms with Gasteiger partial charge >= 0.3 is 6.03 Å². The summed E-state index contributed by atoms with van der Waals surface area (Å²) in [5, 5.41) is 0. The van der Waals surface area contributed by atoms with Crippen LogP contribution in [0.25, 0.3) is 0 Å². The van der Waals surface area contributed by atoms with Crippen molar-refractivity contribution < 1.29 is 18.8 Å². The maximum absolute atomic E-state index is 13.4. The van der Waals surface area contributed by atoms with Gasteiger partial charge in [-0.3, -0.25) is 14.5 Å². The molecule has 2 aliphatic rings. The highest BCUT2D eigenvalue weighted by molar-refractivity contribution is 6.05. The van der Waals surface area contributed by atoms with Crippen molar-refractivity contribution >= 4 is 17.8 Å². The zero-order chi connectivity index (χ0) is 19.8. The normalized spacial score (nSPS) is 20.4. The van der Waals surface area contributed by atoms with Gasteiger partial charge in [0.2, 0.25) is 0 Å². The molecule has 2 saturated heterocycles. The standard InChI is InChI=1S/C21H20FN3O3/c1-14(15-6-3-2-4-7-15)25-20(27)18-13-23(10-11-24(18)21(25)28)19(26)16-8-5-9-17(22)12-16/h2-9,12,14,18H,10-11,13H2,1H3/t14-,18-/m0/s1. The predicted molar refractivity (Wildman–Crippen MR) is 99.9 cm³/mol. The Morgan fingerprint density at radius 3 is 2.54 bits per heavy atom. The molecule has 0 aromatic heterocycles. The van der Waals surface area contributed by atoms with E-state index in [9.17, 15) is 18.8 Å². The maximum atomic E-state index is 13.4. The van der Waals surface area contributed by atoms with Crippen molar-refractivity contribution in [1.82, 2.24) is 14.7 Å². The van der Waals surface area contributed by atoms with Crippen molar-refractivity contribution in [3.63, 3.8) is 0 Å². The Bertz CT molecular complexity index is 934. The van der Waals surface area contributed by atoms with Crippen LogP contribution in [0.15, 0.2) is 54.6 Å². The second-order valence-electron chi connectivity index (χ2n) is 7.05. The van der Waals surface area contributed by atoms with Gasteiger partial charge in [-0.1, -0.05) is 36.4 Å². The first-order chi connectivity index (χ1) is 13.5. The summed E-state index contributed by atoms with van der Waals surface area (Å²) < 4.78 is 13.4. The number of nitrogens with zero attached hydrogens (tertiary/aromatic N) is 3. The van der Waals surface area contributed by atoms with Gasteiger partial charge in [0.05, 0.1) is 12.6 Å². The highest BCUT2D eigenvalue weighted by Gasteiger charge is 2.50. The Hall–Kier alpha value is -3.22. The number of benzene rings is 2. The highest BCUT2D eigenvalue weighted by Crippen LogP contribution is 2.30. The van der Waals surface area contributed by atoms with Crippen LogP contribution in [0.1, 0.15) is 28.9 Å². The molecule has 2 heterocycles. The van der Waals surface area contributed by atoms with Crippen LogP contribution in [0.2, 0.25) is 0 Å². The van der Waals surface area contributed by atoms with Gasteiger partial charge in [-0.15, -0.1) is 0 Å². The van der Waals surface area contributed by atoms with Gasteiger partial charge in [0.1, 0.15) is 11.9 Å². The van der Waals surface area contributed by atoms with E-state index >= 15 is 0 Å². The molecule has 0 N–H and O–H groups in total. The zero-order valence-electron chi connectivity index (χ0n) is 15.4. The SMILES string of the molecule is C[C@@H](c1ccccc1)N1C(=O)[C@@H]2CN(C(=O)c3cccc(F)c3)CCN2C1=O. The highest BCUT2D eigenvalue weighted by atomic mass is 19.1. The fourth-order valence-corrected chi connectivity index (χ4v) is 3.84. The van der Waals surface area contributed by atoms with E-state index in [0.717, 1.165) is 5.56 Å². The molecule has 0 bridgehead atoms. The van der Waals surface area contributed by atoms with Gasteiger partial charge in [0.25, 0.3) is 11.8 Å². The molecule has 28 heavy (non-hydrogen) atoms. The summed E-state index contributed by atoms with van der Waals surface area (Å²) in [5.74, 6) is -1.13. The van der Waals surface area contributed by atoms with E-state index < -0.39 is 11.9 Å². The van der Waals surface area contributed by atoms with Crippen LogP contribution >= 0.6 is 0 Å². The predicted octanol–water partition coefficient (Wildman–Crippen LogP) is 2.68. The van der Waals surface area contributed by atoms with Crippen LogP contribution in [-0.2, 0) is 4.79 Å². The molecule has 0 unspecified atom stereocenters. The molecule has 2 fully saturated rings. The fourth-order valence-electron chi connectivity index (χ4n) is 3.84. The molecule has 0 radical (unpaired) electrons. The van der Waals surface area contributed by atoms with E-state index in [4.69, 9.17) is 0 Å². The van der Waals surface area contributed by atoms with Crippen LogP contribution in [0.3, 0.4) is 0 Å². The first kappa shape index (κ1) is 18.2. The minimum absolute atomic E-state index is 0.109. The molecule has 144 valence electrons. The Balaban J connectivity index is 1.54. The molecule has 2 aromatic carbocycles. The van der Waals surface area contributed by atoms with Gasteiger partial charge in [-0.25, -0.2) is 9.18 Å². The van der Waals surface area contributed by atoms with Crippen LogP contribution in [-0.4, -0.2) is 58.2 Å². The second-order valence-corrected chi connectivity index (χ2v) is 7.05. The third-order valence-corrected chi connectivity index (χ3v) is 5.38. The molecule has 0 spiro atoms. The molecule has 6 nitrogen and oxygen atoms in total. The topological polar surface area (TPSA) is 60.9 Å². The number of amides is 4. The van der Waals surface area contributed by atoms with Gasteiger partial charge < -0.3 is 9.80 Å². The van der Waals surface area contributed by atoms with Crippen molar-refractivity contribution in [2.45, 2.75) is 19.0 Å². The number of piperazine rings is 1. The van der Waals surface area contributed by atoms with E-state index in [2.05, 4.69) is 0 Å². The smallest absolute Gasteiger partial charge is 0.328 e. The summed E-state index contributed by atoms with van der Waals surface area (Å²) in [4.78, 5) is 42.8. The van der Waals surface area contributed by atoms with Gasteiger partial charge in [0, 0.05) is 18.7 Å². The number of imide groups is 1. The first-order valence-corrected chi connectivity index (χ1v) is 9.21. The van der Waals surface area contributed by atoms with Crippen LogP contribution in [0.4, 0.5) is 9.18 Å². The number of carbonyl (C=O) groups is 3. The van der Waals surface area contributed by atoms with Crippen molar-refractivity contribution in [2.75, 3.05) is 19.6 Å². The quantitative estimate of drug-likeness (QED) is 0.768. The van der Waals surface area contributed by atoms with E-state index in [-0.39, 0.29) is 42.5 Å². The van der Waals surface area contributed by atoms with Crippen LogP contribution in [0, 0.1) is 5.82 Å². The molecule has 2 aromatic rings. The molecule has 4 rings (SSSR count). The number of carbonyl (C=O) groups excluding carboxylic acids is 3. The summed E-state index contributed by atoms with van der Waals surface area (Å²) >= 11 is 0. The summed E-state index contributed by atoms with van der Waals surface area (Å²) in [5.41, 5.74) is 1.11. The lowest BCUT2D eigenvalue weighted by molar-refractivity contribution is -0.130. The van der Waals surface area contributed by atoms with Crippen LogP contribution in [0.5, 0.6) is 0 Å². The van der Waals surface area contributed by atoms with E-state index in [1.807, 2.05) is 37.3 Å². The number of rotatable bonds is 3. The maximum Gasteiger partial charge on any atom is 0.328 e. The molecule has 4 amide bonds. The lowest BCUT2D eigenvalue weighted by atomic mass is 10.1. The Morgan fingerprint density at radius 2 is 1.82 bits per heavy atom. The molecule has 0 aliphatic carbocycles. The third-order valence-electron chi connectivity index (χ3n) is 5.38. The number of hydrogen-bond donors (Lipinski definition) is 0. The number of fused-ring (bicyclic) bond motifs is 1. The number of urea groups is 1. The number of hydrogen-bond acceptors (Lipinski definition) is 3. The van der Waals surface area contributed by atoms with Crippen molar-refractivity contribution in [2.24, 2.45) is 0 Å². The van der Waals surface area contributed by atoms with Crippen LogP contribution < -0.4 is 0 Å². The first-order valence-electron chi connectivity index (χ1n) is 9.21. The molecule has 2 atom stereocenters. The zero-order valence-corrected chi connectivity index (χ0v) is 15.4. The molecular weight excluding hydrogens is 361 g/mol. The van der Waals surface area contributed by atoms with Crippen molar-refractivity contribution in [1.29, 1.82) is 0 Å².